The highest BCUT2D eigenvalue weighted by Gasteiger charge is 2.18. The van der Waals surface area contributed by atoms with Crippen LogP contribution in [0.2, 0.25) is 0 Å². The molecule has 4 heteroatoms. The van der Waals surface area contributed by atoms with Gasteiger partial charge in [-0.2, -0.15) is 0 Å². The lowest BCUT2D eigenvalue weighted by atomic mass is 10.2. The Bertz CT molecular complexity index is 496. The third-order valence-electron chi connectivity index (χ3n) is 4.58. The van der Waals surface area contributed by atoms with Gasteiger partial charge in [0.15, 0.2) is 6.10 Å². The highest BCUT2D eigenvalue weighted by Crippen LogP contribution is 2.15. The van der Waals surface area contributed by atoms with E-state index in [4.69, 9.17) is 4.74 Å². The predicted octanol–water partition coefficient (Wildman–Crippen LogP) is 3.53. The zero-order valence-electron chi connectivity index (χ0n) is 15.2. The topological polar surface area (TPSA) is 41.6 Å². The molecular formula is C20H32N2O2. The van der Waals surface area contributed by atoms with Crippen LogP contribution < -0.4 is 10.1 Å². The molecular weight excluding hydrogens is 300 g/mol. The lowest BCUT2D eigenvalue weighted by molar-refractivity contribution is -0.128. The summed E-state index contributed by atoms with van der Waals surface area (Å²) in [5.74, 6) is 0.761. The summed E-state index contributed by atoms with van der Waals surface area (Å²) in [6.45, 7) is 8.23. The molecule has 24 heavy (non-hydrogen) atoms. The van der Waals surface area contributed by atoms with E-state index in [0.717, 1.165) is 30.8 Å². The van der Waals surface area contributed by atoms with Gasteiger partial charge in [-0.1, -0.05) is 31.9 Å². The minimum atomic E-state index is -0.412. The molecule has 1 aromatic carbocycles. The fourth-order valence-electron chi connectivity index (χ4n) is 3.16. The van der Waals surface area contributed by atoms with Gasteiger partial charge in [-0.25, -0.2) is 0 Å². The third kappa shape index (κ3) is 6.52. The second-order valence-electron chi connectivity index (χ2n) is 6.73. The molecule has 0 aliphatic carbocycles. The highest BCUT2D eigenvalue weighted by molar-refractivity contribution is 5.81. The van der Waals surface area contributed by atoms with Crippen molar-refractivity contribution in [3.63, 3.8) is 0 Å². The Hall–Kier alpha value is -1.55. The molecule has 1 aromatic rings. The van der Waals surface area contributed by atoms with Crippen LogP contribution >= 0.6 is 0 Å². The van der Waals surface area contributed by atoms with Crippen molar-refractivity contribution in [1.29, 1.82) is 0 Å². The Balaban J connectivity index is 1.69. The average molecular weight is 332 g/mol. The van der Waals surface area contributed by atoms with Crippen molar-refractivity contribution in [2.45, 2.75) is 58.5 Å². The summed E-state index contributed by atoms with van der Waals surface area (Å²) in [4.78, 5) is 14.8. The van der Waals surface area contributed by atoms with Gasteiger partial charge in [0.1, 0.15) is 5.75 Å². The summed E-state index contributed by atoms with van der Waals surface area (Å²) in [7, 11) is 0. The molecule has 0 radical (unpaired) electrons. The minimum Gasteiger partial charge on any atom is -0.481 e. The molecule has 2 rings (SSSR count). The fraction of sp³-hybridized carbons (Fsp3) is 0.650. The van der Waals surface area contributed by atoms with Gasteiger partial charge in [0, 0.05) is 6.54 Å². The van der Waals surface area contributed by atoms with E-state index < -0.39 is 6.10 Å². The molecule has 0 spiro atoms. The fourth-order valence-corrected chi connectivity index (χ4v) is 3.16. The number of ether oxygens (including phenoxy) is 1. The van der Waals surface area contributed by atoms with Crippen molar-refractivity contribution >= 4 is 5.91 Å². The molecule has 1 amide bonds. The van der Waals surface area contributed by atoms with Crippen LogP contribution in [0, 0.1) is 6.92 Å². The second-order valence-corrected chi connectivity index (χ2v) is 6.73. The first-order chi connectivity index (χ1) is 11.7. The number of aryl methyl sites for hydroxylation is 1. The van der Waals surface area contributed by atoms with Crippen LogP contribution in [-0.2, 0) is 4.79 Å². The van der Waals surface area contributed by atoms with Crippen molar-refractivity contribution in [1.82, 2.24) is 10.2 Å². The summed E-state index contributed by atoms with van der Waals surface area (Å²) in [6, 6.07) is 7.85. The normalized spacial score (nSPS) is 17.1. The van der Waals surface area contributed by atoms with Crippen molar-refractivity contribution in [3.8, 4) is 5.75 Å². The molecule has 1 saturated heterocycles. The Kier molecular flexibility index (Phi) is 8.10. The predicted molar refractivity (Wildman–Crippen MR) is 98.4 cm³/mol. The Morgan fingerprint density at radius 2 is 2.00 bits per heavy atom. The van der Waals surface area contributed by atoms with Crippen molar-refractivity contribution in [3.05, 3.63) is 29.8 Å². The van der Waals surface area contributed by atoms with E-state index in [2.05, 4.69) is 10.2 Å². The molecule has 0 aromatic heterocycles. The Morgan fingerprint density at radius 3 is 2.67 bits per heavy atom. The number of nitrogens with zero attached hydrogens (tertiary/aromatic N) is 1. The summed E-state index contributed by atoms with van der Waals surface area (Å²) < 4.78 is 5.85. The lowest BCUT2D eigenvalue weighted by Crippen LogP contribution is -2.39. The SMILES string of the molecule is CC[C@@H](Oc1cccc(C)c1)C(=O)NCCCN1CCCCCC1. The number of benzene rings is 1. The molecule has 0 unspecified atom stereocenters. The standard InChI is InChI=1S/C20H32N2O2/c1-3-19(24-18-11-8-10-17(2)16-18)20(23)21-12-9-15-22-13-6-4-5-7-14-22/h8,10-11,16,19H,3-7,9,12-15H2,1-2H3,(H,21,23)/t19-/m1/s1. The number of nitrogens with one attached hydrogen (secondary N) is 1. The van der Waals surface area contributed by atoms with E-state index >= 15 is 0 Å². The van der Waals surface area contributed by atoms with E-state index in [1.807, 2.05) is 38.1 Å². The molecule has 1 aliphatic heterocycles. The van der Waals surface area contributed by atoms with E-state index in [1.54, 1.807) is 0 Å². The van der Waals surface area contributed by atoms with Crippen LogP contribution in [-0.4, -0.2) is 43.1 Å². The maximum Gasteiger partial charge on any atom is 0.261 e. The summed E-state index contributed by atoms with van der Waals surface area (Å²) in [5, 5.41) is 3.03. The van der Waals surface area contributed by atoms with Gasteiger partial charge in [-0.3, -0.25) is 4.79 Å². The van der Waals surface area contributed by atoms with Gasteiger partial charge < -0.3 is 15.0 Å². The molecule has 1 N–H and O–H groups in total. The zero-order chi connectivity index (χ0) is 17.2. The second kappa shape index (κ2) is 10.3. The summed E-state index contributed by atoms with van der Waals surface area (Å²) >= 11 is 0. The zero-order valence-corrected chi connectivity index (χ0v) is 15.2. The Morgan fingerprint density at radius 1 is 1.25 bits per heavy atom. The summed E-state index contributed by atoms with van der Waals surface area (Å²) in [6.07, 6.45) is 6.62. The number of likely N-dealkylation sites (tertiary alicyclic amines) is 1. The number of rotatable bonds is 8. The highest BCUT2D eigenvalue weighted by atomic mass is 16.5. The number of amides is 1. The molecule has 0 saturated carbocycles. The van der Waals surface area contributed by atoms with Crippen molar-refractivity contribution in [2.75, 3.05) is 26.2 Å². The van der Waals surface area contributed by atoms with Gasteiger partial charge in [0.2, 0.25) is 0 Å². The van der Waals surface area contributed by atoms with E-state index in [-0.39, 0.29) is 5.91 Å². The molecule has 1 heterocycles. The maximum absolute atomic E-state index is 12.3. The van der Waals surface area contributed by atoms with Crippen LogP contribution in [0.1, 0.15) is 51.0 Å². The molecule has 4 nitrogen and oxygen atoms in total. The van der Waals surface area contributed by atoms with Crippen LogP contribution in [0.15, 0.2) is 24.3 Å². The largest absolute Gasteiger partial charge is 0.481 e. The molecule has 1 fully saturated rings. The number of hydrogen-bond donors (Lipinski definition) is 1. The van der Waals surface area contributed by atoms with Gasteiger partial charge in [-0.15, -0.1) is 0 Å². The van der Waals surface area contributed by atoms with Crippen LogP contribution in [0.3, 0.4) is 0 Å². The number of carbonyl (C=O) groups excluding carboxylic acids is 1. The van der Waals surface area contributed by atoms with E-state index in [9.17, 15) is 4.79 Å². The number of carbonyl (C=O) groups is 1. The first kappa shape index (κ1) is 18.8. The van der Waals surface area contributed by atoms with Crippen LogP contribution in [0.25, 0.3) is 0 Å². The summed E-state index contributed by atoms with van der Waals surface area (Å²) in [5.41, 5.74) is 1.14. The monoisotopic (exact) mass is 332 g/mol. The van der Waals surface area contributed by atoms with Gasteiger partial charge in [-0.05, 0) is 69.9 Å². The lowest BCUT2D eigenvalue weighted by Gasteiger charge is -2.20. The molecule has 1 atom stereocenters. The van der Waals surface area contributed by atoms with Crippen molar-refractivity contribution < 1.29 is 9.53 Å². The molecule has 134 valence electrons. The van der Waals surface area contributed by atoms with Gasteiger partial charge in [0.25, 0.3) is 5.91 Å². The van der Waals surface area contributed by atoms with Crippen molar-refractivity contribution in [2.24, 2.45) is 0 Å². The first-order valence-electron chi connectivity index (χ1n) is 9.42. The van der Waals surface area contributed by atoms with Crippen LogP contribution in [0.4, 0.5) is 0 Å². The first-order valence-corrected chi connectivity index (χ1v) is 9.42. The van der Waals surface area contributed by atoms with Crippen LogP contribution in [0.5, 0.6) is 5.75 Å². The Labute approximate surface area is 146 Å². The minimum absolute atomic E-state index is 0.00475. The van der Waals surface area contributed by atoms with Gasteiger partial charge >= 0.3 is 0 Å². The molecule has 0 bridgehead atoms. The molecule has 1 aliphatic rings. The van der Waals surface area contributed by atoms with E-state index in [1.165, 1.54) is 38.8 Å². The maximum atomic E-state index is 12.3. The van der Waals surface area contributed by atoms with E-state index in [0.29, 0.717) is 6.42 Å². The third-order valence-corrected chi connectivity index (χ3v) is 4.58. The smallest absolute Gasteiger partial charge is 0.261 e. The average Bonchev–Trinajstić information content (AvgIpc) is 2.85. The number of hydrogen-bond acceptors (Lipinski definition) is 3. The van der Waals surface area contributed by atoms with Gasteiger partial charge in [0.05, 0.1) is 0 Å². The quantitative estimate of drug-likeness (QED) is 0.741.